The Labute approximate surface area is 157 Å². The number of carboxylic acids is 1. The zero-order valence-electron chi connectivity index (χ0n) is 15.3. The van der Waals surface area contributed by atoms with E-state index in [1.54, 1.807) is 23.1 Å². The maximum Gasteiger partial charge on any atom is 0.315 e. The summed E-state index contributed by atoms with van der Waals surface area (Å²) in [6.07, 6.45) is 3.78. The third-order valence-electron chi connectivity index (χ3n) is 4.93. The first-order valence-corrected chi connectivity index (χ1v) is 9.10. The molecule has 1 amide bonds. The zero-order valence-corrected chi connectivity index (χ0v) is 15.3. The van der Waals surface area contributed by atoms with Gasteiger partial charge in [0.05, 0.1) is 12.3 Å². The van der Waals surface area contributed by atoms with E-state index in [1.165, 1.54) is 0 Å². The molecule has 0 bridgehead atoms. The summed E-state index contributed by atoms with van der Waals surface area (Å²) in [5.74, 6) is -0.487. The number of nitrogens with zero attached hydrogens (tertiary/aromatic N) is 3. The summed E-state index contributed by atoms with van der Waals surface area (Å²) in [4.78, 5) is 34.7. The van der Waals surface area contributed by atoms with Gasteiger partial charge in [0.15, 0.2) is 5.82 Å². The Morgan fingerprint density at radius 1 is 1.30 bits per heavy atom. The van der Waals surface area contributed by atoms with Gasteiger partial charge in [-0.1, -0.05) is 6.92 Å². The van der Waals surface area contributed by atoms with Crippen LogP contribution in [0.1, 0.15) is 43.9 Å². The van der Waals surface area contributed by atoms with Gasteiger partial charge in [-0.3, -0.25) is 9.59 Å². The number of pyridine rings is 1. The molecule has 0 saturated heterocycles. The number of carbonyl (C=O) groups excluding carboxylic acids is 1. The second-order valence-corrected chi connectivity index (χ2v) is 6.96. The number of aromatic nitrogens is 1. The molecule has 4 N–H and O–H groups in total. The van der Waals surface area contributed by atoms with Gasteiger partial charge in [0.25, 0.3) is 0 Å². The monoisotopic (exact) mass is 372 g/mol. The van der Waals surface area contributed by atoms with Gasteiger partial charge in [-0.2, -0.15) is 0 Å². The Morgan fingerprint density at radius 3 is 2.63 bits per heavy atom. The van der Waals surface area contributed by atoms with Crippen LogP contribution in [0.2, 0.25) is 0 Å². The number of amides is 1. The van der Waals surface area contributed by atoms with Gasteiger partial charge >= 0.3 is 5.97 Å². The van der Waals surface area contributed by atoms with Crippen molar-refractivity contribution in [1.82, 2.24) is 9.88 Å². The summed E-state index contributed by atoms with van der Waals surface area (Å²) < 4.78 is 0. The largest absolute Gasteiger partial charge is 0.481 e. The molecular weight excluding hydrogens is 348 g/mol. The number of aliphatic carboxylic acids is 1. The Morgan fingerprint density at radius 2 is 2.04 bits per heavy atom. The Hall–Kier alpha value is -2.74. The minimum atomic E-state index is -0.924. The lowest BCUT2D eigenvalue weighted by molar-refractivity contribution is -0.140. The van der Waals surface area contributed by atoms with Crippen molar-refractivity contribution in [3.8, 4) is 0 Å². The molecular formula is C19H24N4O4. The lowest BCUT2D eigenvalue weighted by Crippen LogP contribution is -2.36. The molecule has 3 rings (SSSR count). The van der Waals surface area contributed by atoms with Crippen LogP contribution in [0.4, 0.5) is 5.82 Å². The predicted octanol–water partition coefficient (Wildman–Crippen LogP) is 1.20. The van der Waals surface area contributed by atoms with Crippen molar-refractivity contribution in [2.24, 2.45) is 10.7 Å². The SMILES string of the molecule is CCCN(CCO)C(=O)C1=Cc2ccc(C3(C(=O)O)CC3)nc2N=C(N)C1. The van der Waals surface area contributed by atoms with Gasteiger partial charge in [0.1, 0.15) is 11.3 Å². The van der Waals surface area contributed by atoms with Crippen molar-refractivity contribution in [3.05, 3.63) is 29.0 Å². The average molecular weight is 372 g/mol. The summed E-state index contributed by atoms with van der Waals surface area (Å²) in [5.41, 5.74) is 6.65. The molecule has 0 aromatic carbocycles. The molecule has 1 fully saturated rings. The van der Waals surface area contributed by atoms with Crippen molar-refractivity contribution >= 4 is 29.6 Å². The number of carbonyl (C=O) groups is 2. The maximum absolute atomic E-state index is 12.8. The van der Waals surface area contributed by atoms with Crippen LogP contribution in [-0.2, 0) is 15.0 Å². The van der Waals surface area contributed by atoms with E-state index in [9.17, 15) is 19.8 Å². The minimum absolute atomic E-state index is 0.110. The summed E-state index contributed by atoms with van der Waals surface area (Å²) >= 11 is 0. The van der Waals surface area contributed by atoms with E-state index < -0.39 is 11.4 Å². The second-order valence-electron chi connectivity index (χ2n) is 6.96. The number of carboxylic acid groups (broad SMARTS) is 1. The first-order chi connectivity index (χ1) is 12.9. The molecule has 8 nitrogen and oxygen atoms in total. The van der Waals surface area contributed by atoms with Crippen LogP contribution in [-0.4, -0.2) is 57.5 Å². The van der Waals surface area contributed by atoms with E-state index in [1.807, 2.05) is 6.92 Å². The summed E-state index contributed by atoms with van der Waals surface area (Å²) in [5, 5.41) is 18.7. The topological polar surface area (TPSA) is 129 Å². The highest BCUT2D eigenvalue weighted by molar-refractivity contribution is 6.05. The molecule has 0 unspecified atom stereocenters. The van der Waals surface area contributed by atoms with Gasteiger partial charge in [-0.15, -0.1) is 0 Å². The van der Waals surface area contributed by atoms with Crippen LogP contribution in [0.25, 0.3) is 6.08 Å². The van der Waals surface area contributed by atoms with E-state index in [4.69, 9.17) is 5.73 Å². The number of aliphatic hydroxyl groups excluding tert-OH is 1. The summed E-state index contributed by atoms with van der Waals surface area (Å²) in [6.45, 7) is 2.65. The quantitative estimate of drug-likeness (QED) is 0.660. The molecule has 2 heterocycles. The van der Waals surface area contributed by atoms with Crippen molar-refractivity contribution in [3.63, 3.8) is 0 Å². The van der Waals surface area contributed by atoms with Gasteiger partial charge in [0, 0.05) is 30.6 Å². The molecule has 8 heteroatoms. The fourth-order valence-electron chi connectivity index (χ4n) is 3.29. The zero-order chi connectivity index (χ0) is 19.6. The molecule has 1 aliphatic heterocycles. The Kier molecular flexibility index (Phi) is 5.27. The van der Waals surface area contributed by atoms with E-state index in [-0.39, 0.29) is 31.3 Å². The van der Waals surface area contributed by atoms with E-state index in [2.05, 4.69) is 9.98 Å². The number of aliphatic imine (C=N–C) groups is 1. The van der Waals surface area contributed by atoms with Crippen molar-refractivity contribution in [2.75, 3.05) is 19.7 Å². The molecule has 0 atom stereocenters. The summed E-state index contributed by atoms with van der Waals surface area (Å²) in [7, 11) is 0. The number of hydrogen-bond donors (Lipinski definition) is 3. The lowest BCUT2D eigenvalue weighted by Gasteiger charge is -2.22. The minimum Gasteiger partial charge on any atom is -0.481 e. The van der Waals surface area contributed by atoms with Crippen LogP contribution < -0.4 is 5.73 Å². The average Bonchev–Trinajstić information content (AvgIpc) is 3.44. The molecule has 1 aromatic heterocycles. The second kappa shape index (κ2) is 7.48. The summed E-state index contributed by atoms with van der Waals surface area (Å²) in [6, 6.07) is 3.43. The van der Waals surface area contributed by atoms with Crippen molar-refractivity contribution in [2.45, 2.75) is 38.0 Å². The fourth-order valence-corrected chi connectivity index (χ4v) is 3.29. The van der Waals surface area contributed by atoms with E-state index in [0.29, 0.717) is 42.0 Å². The van der Waals surface area contributed by atoms with Crippen LogP contribution in [0.15, 0.2) is 22.7 Å². The normalized spacial score (nSPS) is 17.3. The number of aliphatic hydroxyl groups is 1. The smallest absolute Gasteiger partial charge is 0.315 e. The van der Waals surface area contributed by atoms with E-state index >= 15 is 0 Å². The maximum atomic E-state index is 12.8. The van der Waals surface area contributed by atoms with Crippen molar-refractivity contribution < 1.29 is 19.8 Å². The highest BCUT2D eigenvalue weighted by Crippen LogP contribution is 2.48. The van der Waals surface area contributed by atoms with Crippen LogP contribution in [0, 0.1) is 0 Å². The molecule has 0 radical (unpaired) electrons. The van der Waals surface area contributed by atoms with Gasteiger partial charge in [-0.25, -0.2) is 9.98 Å². The standard InChI is InChI=1S/C19H24N4O4/c1-2-7-23(8-9-24)17(25)13-10-12-3-4-14(19(5-6-19)18(26)27)21-16(12)22-15(20)11-13/h3-4,10,24H,2,5-9,11H2,1H3,(H,26,27)(H2,20,21,22). The number of amidine groups is 1. The lowest BCUT2D eigenvalue weighted by atomic mass is 10.0. The van der Waals surface area contributed by atoms with Crippen molar-refractivity contribution in [1.29, 1.82) is 0 Å². The third-order valence-corrected chi connectivity index (χ3v) is 4.93. The molecule has 27 heavy (non-hydrogen) atoms. The van der Waals surface area contributed by atoms with Crippen LogP contribution >= 0.6 is 0 Å². The number of hydrogen-bond acceptors (Lipinski definition) is 6. The molecule has 1 aliphatic carbocycles. The van der Waals surface area contributed by atoms with Gasteiger partial charge < -0.3 is 20.8 Å². The molecule has 1 saturated carbocycles. The Bertz CT molecular complexity index is 821. The highest BCUT2D eigenvalue weighted by atomic mass is 16.4. The van der Waals surface area contributed by atoms with Gasteiger partial charge in [0.2, 0.25) is 5.91 Å². The fraction of sp³-hybridized carbons (Fsp3) is 0.474. The number of rotatable bonds is 7. The molecule has 0 spiro atoms. The number of fused-ring (bicyclic) bond motifs is 1. The predicted molar refractivity (Wildman–Crippen MR) is 101 cm³/mol. The Balaban J connectivity index is 1.96. The van der Waals surface area contributed by atoms with Crippen LogP contribution in [0.3, 0.4) is 0 Å². The highest BCUT2D eigenvalue weighted by Gasteiger charge is 2.53. The molecule has 1 aromatic rings. The molecule has 2 aliphatic rings. The van der Waals surface area contributed by atoms with Gasteiger partial charge in [-0.05, 0) is 37.5 Å². The third kappa shape index (κ3) is 3.71. The number of nitrogens with two attached hydrogens (primary N) is 1. The first-order valence-electron chi connectivity index (χ1n) is 9.10. The van der Waals surface area contributed by atoms with E-state index in [0.717, 1.165) is 6.42 Å². The first kappa shape index (κ1) is 19.0. The molecule has 144 valence electrons. The van der Waals surface area contributed by atoms with Crippen LogP contribution in [0.5, 0.6) is 0 Å².